The first-order valence-electron chi connectivity index (χ1n) is 15.6. The number of pyridine rings is 1. The molecule has 1 aliphatic rings. The first-order valence-corrected chi connectivity index (χ1v) is 15.6. The van der Waals surface area contributed by atoms with Gasteiger partial charge in [0, 0.05) is 52.1 Å². The van der Waals surface area contributed by atoms with Gasteiger partial charge in [0.2, 0.25) is 0 Å². The maximum atomic E-state index is 6.98. The van der Waals surface area contributed by atoms with Crippen LogP contribution in [0.3, 0.4) is 0 Å². The van der Waals surface area contributed by atoms with Crippen LogP contribution in [0.1, 0.15) is 5.56 Å². The van der Waals surface area contributed by atoms with Crippen molar-refractivity contribution in [1.29, 1.82) is 0 Å². The fraction of sp³-hybridized carbons (Fsp3) is 0.0238. The molecule has 0 saturated heterocycles. The zero-order valence-electron chi connectivity index (χ0n) is 25.0. The smallest absolute Gasteiger partial charge is 0.145 e. The van der Waals surface area contributed by atoms with Crippen LogP contribution in [0, 0.1) is 0 Å². The molecule has 46 heavy (non-hydrogen) atoms. The highest BCUT2D eigenvalue weighted by Gasteiger charge is 2.23. The predicted octanol–water partition coefficient (Wildman–Crippen LogP) is 10.4. The van der Waals surface area contributed by atoms with Crippen molar-refractivity contribution in [3.63, 3.8) is 0 Å². The Bertz CT molecular complexity index is 2450. The van der Waals surface area contributed by atoms with E-state index >= 15 is 0 Å². The van der Waals surface area contributed by atoms with Gasteiger partial charge in [0.25, 0.3) is 0 Å². The van der Waals surface area contributed by atoms with Gasteiger partial charge in [-0.05, 0) is 77.0 Å². The molecule has 0 spiro atoms. The minimum absolute atomic E-state index is 0.775. The van der Waals surface area contributed by atoms with Crippen molar-refractivity contribution in [2.75, 3.05) is 6.54 Å². The molecule has 4 heteroatoms. The van der Waals surface area contributed by atoms with E-state index < -0.39 is 0 Å². The third-order valence-corrected chi connectivity index (χ3v) is 8.94. The standard InChI is InChI=1S/C42H29N3O/c1-3-11-28(12-4-1)39-36-19-20-38-40(42(36)46-41(39)29-13-5-2-6-14-29)35-17-7-8-18-37(35)45(38)34-24-32(30-15-9-21-43-26-30)23-33(25-34)31-16-10-22-44-27-31/h1-26,44H,27H2. The molecule has 4 heterocycles. The molecule has 9 rings (SSSR count). The number of para-hydroxylation sites is 1. The minimum atomic E-state index is 0.775. The maximum absolute atomic E-state index is 6.98. The average molecular weight is 592 g/mol. The fourth-order valence-electron chi connectivity index (χ4n) is 6.85. The highest BCUT2D eigenvalue weighted by molar-refractivity contribution is 6.22. The third kappa shape index (κ3) is 4.26. The summed E-state index contributed by atoms with van der Waals surface area (Å²) in [7, 11) is 0. The van der Waals surface area contributed by atoms with Gasteiger partial charge in [-0.2, -0.15) is 0 Å². The van der Waals surface area contributed by atoms with Crippen molar-refractivity contribution in [3.8, 4) is 39.3 Å². The summed E-state index contributed by atoms with van der Waals surface area (Å²) in [4.78, 5) is 4.43. The Morgan fingerprint density at radius 3 is 2.17 bits per heavy atom. The van der Waals surface area contributed by atoms with Crippen LogP contribution in [0.15, 0.2) is 163 Å². The van der Waals surface area contributed by atoms with Crippen LogP contribution in [0.2, 0.25) is 0 Å². The highest BCUT2D eigenvalue weighted by Crippen LogP contribution is 2.46. The van der Waals surface area contributed by atoms with Crippen molar-refractivity contribution >= 4 is 38.3 Å². The number of hydrogen-bond acceptors (Lipinski definition) is 3. The van der Waals surface area contributed by atoms with Crippen molar-refractivity contribution in [2.45, 2.75) is 0 Å². The summed E-state index contributed by atoms with van der Waals surface area (Å²) >= 11 is 0. The summed E-state index contributed by atoms with van der Waals surface area (Å²) in [6, 6.07) is 45.1. The van der Waals surface area contributed by atoms with E-state index in [9.17, 15) is 0 Å². The van der Waals surface area contributed by atoms with Crippen molar-refractivity contribution < 1.29 is 4.42 Å². The number of hydrogen-bond donors (Lipinski definition) is 1. The average Bonchev–Trinajstić information content (AvgIpc) is 3.69. The molecule has 218 valence electrons. The molecule has 1 N–H and O–H groups in total. The van der Waals surface area contributed by atoms with Gasteiger partial charge in [-0.15, -0.1) is 0 Å². The Kier molecular flexibility index (Phi) is 6.17. The lowest BCUT2D eigenvalue weighted by Gasteiger charge is -2.16. The largest absolute Gasteiger partial charge is 0.455 e. The van der Waals surface area contributed by atoms with Crippen LogP contribution in [-0.2, 0) is 0 Å². The lowest BCUT2D eigenvalue weighted by Crippen LogP contribution is -2.12. The molecular formula is C42H29N3O. The predicted molar refractivity (Wildman–Crippen MR) is 190 cm³/mol. The number of furan rings is 1. The number of rotatable bonds is 5. The Hall–Kier alpha value is -6.13. The van der Waals surface area contributed by atoms with Gasteiger partial charge in [0.15, 0.2) is 0 Å². The summed E-state index contributed by atoms with van der Waals surface area (Å²) in [5, 5.41) is 6.76. The van der Waals surface area contributed by atoms with E-state index in [0.717, 1.165) is 78.6 Å². The monoisotopic (exact) mass is 591 g/mol. The molecule has 0 fully saturated rings. The second kappa shape index (κ2) is 10.8. The third-order valence-electron chi connectivity index (χ3n) is 8.94. The fourth-order valence-corrected chi connectivity index (χ4v) is 6.85. The maximum Gasteiger partial charge on any atom is 0.145 e. The summed E-state index contributed by atoms with van der Waals surface area (Å²) < 4.78 is 9.36. The molecule has 0 aliphatic carbocycles. The normalized spacial score (nSPS) is 12.9. The second-order valence-corrected chi connectivity index (χ2v) is 11.7. The minimum Gasteiger partial charge on any atom is -0.455 e. The van der Waals surface area contributed by atoms with Gasteiger partial charge in [0.1, 0.15) is 11.3 Å². The first kappa shape index (κ1) is 26.3. The molecule has 3 aromatic heterocycles. The van der Waals surface area contributed by atoms with Crippen molar-refractivity contribution in [3.05, 3.63) is 164 Å². The SMILES string of the molecule is C1=CNCC(c2cc(-c3cccnc3)cc(-n3c4ccccc4c4c5oc(-c6ccccc6)c(-c6ccccc6)c5ccc43)c2)=C1. The molecule has 5 aromatic carbocycles. The number of nitrogens with one attached hydrogen (secondary N) is 1. The number of benzene rings is 5. The second-order valence-electron chi connectivity index (χ2n) is 11.7. The molecule has 0 radical (unpaired) electrons. The van der Waals surface area contributed by atoms with Crippen LogP contribution in [0.5, 0.6) is 0 Å². The highest BCUT2D eigenvalue weighted by atomic mass is 16.3. The topological polar surface area (TPSA) is 43.0 Å². The van der Waals surface area contributed by atoms with E-state index in [1.54, 1.807) is 0 Å². The summed E-state index contributed by atoms with van der Waals surface area (Å²) in [5.74, 6) is 0.886. The Labute approximate surface area is 266 Å². The van der Waals surface area contributed by atoms with E-state index in [0.29, 0.717) is 0 Å². The van der Waals surface area contributed by atoms with Crippen LogP contribution in [-0.4, -0.2) is 16.1 Å². The van der Waals surface area contributed by atoms with Gasteiger partial charge in [-0.3, -0.25) is 4.98 Å². The summed E-state index contributed by atoms with van der Waals surface area (Å²) in [5.41, 5.74) is 12.2. The van der Waals surface area contributed by atoms with Gasteiger partial charge >= 0.3 is 0 Å². The Morgan fingerprint density at radius 1 is 0.630 bits per heavy atom. The van der Waals surface area contributed by atoms with E-state index in [-0.39, 0.29) is 0 Å². The van der Waals surface area contributed by atoms with E-state index in [1.165, 1.54) is 11.1 Å². The molecular weight excluding hydrogens is 562 g/mol. The lowest BCUT2D eigenvalue weighted by molar-refractivity contribution is 0.636. The van der Waals surface area contributed by atoms with Crippen LogP contribution in [0.25, 0.3) is 77.6 Å². The molecule has 0 saturated carbocycles. The number of allylic oxidation sites excluding steroid dienone is 2. The van der Waals surface area contributed by atoms with E-state index in [1.807, 2.05) is 30.7 Å². The van der Waals surface area contributed by atoms with Crippen LogP contribution < -0.4 is 5.32 Å². The van der Waals surface area contributed by atoms with Gasteiger partial charge in [-0.25, -0.2) is 0 Å². The zero-order valence-corrected chi connectivity index (χ0v) is 25.0. The van der Waals surface area contributed by atoms with Crippen molar-refractivity contribution in [2.24, 2.45) is 0 Å². The first-order chi connectivity index (χ1) is 22.8. The van der Waals surface area contributed by atoms with Crippen molar-refractivity contribution in [1.82, 2.24) is 14.9 Å². The summed E-state index contributed by atoms with van der Waals surface area (Å²) in [6.45, 7) is 0.775. The van der Waals surface area contributed by atoms with Gasteiger partial charge < -0.3 is 14.3 Å². The lowest BCUT2D eigenvalue weighted by atomic mass is 9.97. The van der Waals surface area contributed by atoms with Gasteiger partial charge in [0.05, 0.1) is 16.4 Å². The number of fused-ring (bicyclic) bond motifs is 5. The number of aromatic nitrogens is 2. The summed E-state index contributed by atoms with van der Waals surface area (Å²) in [6.07, 6.45) is 10.0. The zero-order chi connectivity index (χ0) is 30.5. The molecule has 4 nitrogen and oxygen atoms in total. The number of dihydropyridines is 1. The molecule has 0 amide bonds. The van der Waals surface area contributed by atoms with Gasteiger partial charge in [-0.1, -0.05) is 91.0 Å². The molecule has 1 aliphatic heterocycles. The Balaban J connectivity index is 1.37. The quantitative estimate of drug-likeness (QED) is 0.217. The molecule has 0 bridgehead atoms. The Morgan fingerprint density at radius 2 is 1.39 bits per heavy atom. The van der Waals surface area contributed by atoms with Crippen LogP contribution in [0.4, 0.5) is 0 Å². The van der Waals surface area contributed by atoms with E-state index in [2.05, 4.69) is 142 Å². The van der Waals surface area contributed by atoms with E-state index in [4.69, 9.17) is 4.42 Å². The molecule has 0 unspecified atom stereocenters. The number of nitrogens with zero attached hydrogens (tertiary/aromatic N) is 2. The molecule has 0 atom stereocenters. The molecule has 8 aromatic rings. The van der Waals surface area contributed by atoms with Crippen LogP contribution >= 0.6 is 0 Å².